The quantitative estimate of drug-likeness (QED) is 0.766. The molecule has 0 aromatic carbocycles. The van der Waals surface area contributed by atoms with Crippen molar-refractivity contribution >= 4 is 27.3 Å². The first-order valence-corrected chi connectivity index (χ1v) is 7.94. The molecule has 0 aliphatic heterocycles. The Hall–Kier alpha value is 0.1000. The first kappa shape index (κ1) is 15.2. The van der Waals surface area contributed by atoms with Crippen molar-refractivity contribution in [3.8, 4) is 0 Å². The fraction of sp³-hybridized carbons (Fsp3) is 0.692. The van der Waals surface area contributed by atoms with Crippen molar-refractivity contribution in [1.29, 1.82) is 0 Å². The van der Waals surface area contributed by atoms with Crippen molar-refractivity contribution in [2.24, 2.45) is 11.7 Å². The van der Waals surface area contributed by atoms with Gasteiger partial charge in [0.2, 0.25) is 0 Å². The molecule has 1 heterocycles. The number of hydrogen-bond acceptors (Lipinski definition) is 3. The first-order valence-electron chi connectivity index (χ1n) is 6.27. The van der Waals surface area contributed by atoms with Crippen LogP contribution < -0.4 is 11.1 Å². The second-order valence-corrected chi connectivity index (χ2v) is 6.79. The lowest BCUT2D eigenvalue weighted by Crippen LogP contribution is -2.21. The maximum absolute atomic E-state index is 5.74. The first-order chi connectivity index (χ1) is 8.08. The molecule has 17 heavy (non-hydrogen) atoms. The van der Waals surface area contributed by atoms with E-state index in [1.165, 1.54) is 22.2 Å². The molecule has 0 radical (unpaired) electrons. The van der Waals surface area contributed by atoms with Gasteiger partial charge < -0.3 is 11.1 Å². The molecular weight excluding hydrogens is 296 g/mol. The van der Waals surface area contributed by atoms with Crippen LogP contribution >= 0.6 is 27.3 Å². The number of hydrogen-bond donors (Lipinski definition) is 2. The molecule has 98 valence electrons. The second kappa shape index (κ2) is 8.25. The summed E-state index contributed by atoms with van der Waals surface area (Å²) < 4.78 is 1.18. The Labute approximate surface area is 117 Å². The Bertz CT molecular complexity index is 312. The molecule has 1 aromatic rings. The van der Waals surface area contributed by atoms with E-state index in [1.54, 1.807) is 11.3 Å². The zero-order valence-electron chi connectivity index (χ0n) is 10.7. The number of nitrogens with one attached hydrogen (secondary N) is 1. The molecule has 0 aliphatic rings. The van der Waals surface area contributed by atoms with Crippen LogP contribution in [0.15, 0.2) is 15.9 Å². The van der Waals surface area contributed by atoms with Gasteiger partial charge in [-0.3, -0.25) is 0 Å². The molecule has 2 atom stereocenters. The van der Waals surface area contributed by atoms with E-state index in [1.807, 2.05) is 0 Å². The van der Waals surface area contributed by atoms with Crippen LogP contribution in [0.3, 0.4) is 0 Å². The van der Waals surface area contributed by atoms with Crippen LogP contribution in [-0.4, -0.2) is 12.6 Å². The lowest BCUT2D eigenvalue weighted by molar-refractivity contribution is 0.449. The van der Waals surface area contributed by atoms with Crippen molar-refractivity contribution in [1.82, 2.24) is 5.32 Å². The second-order valence-electron chi connectivity index (χ2n) is 4.88. The molecule has 0 saturated heterocycles. The third kappa shape index (κ3) is 7.19. The van der Waals surface area contributed by atoms with E-state index in [0.717, 1.165) is 25.4 Å². The number of thiophene rings is 1. The van der Waals surface area contributed by atoms with Crippen LogP contribution in [0.4, 0.5) is 0 Å². The summed E-state index contributed by atoms with van der Waals surface area (Å²) in [6.07, 6.45) is 3.65. The van der Waals surface area contributed by atoms with Crippen LogP contribution in [0.5, 0.6) is 0 Å². The Kier molecular flexibility index (Phi) is 7.35. The van der Waals surface area contributed by atoms with Crippen molar-refractivity contribution < 1.29 is 0 Å². The Morgan fingerprint density at radius 1 is 1.41 bits per heavy atom. The van der Waals surface area contributed by atoms with E-state index in [4.69, 9.17) is 5.73 Å². The molecule has 1 aromatic heterocycles. The van der Waals surface area contributed by atoms with E-state index in [2.05, 4.69) is 46.5 Å². The summed E-state index contributed by atoms with van der Waals surface area (Å²) in [5.74, 6) is 0.733. The van der Waals surface area contributed by atoms with Gasteiger partial charge in [0.05, 0.1) is 0 Å². The number of nitrogens with two attached hydrogens (primary N) is 1. The van der Waals surface area contributed by atoms with Gasteiger partial charge in [0.1, 0.15) is 0 Å². The van der Waals surface area contributed by atoms with Crippen LogP contribution in [0.1, 0.15) is 38.0 Å². The minimum Gasteiger partial charge on any atom is -0.328 e. The molecule has 0 saturated carbocycles. The summed E-state index contributed by atoms with van der Waals surface area (Å²) >= 11 is 5.27. The molecule has 0 aliphatic carbocycles. The molecule has 0 fully saturated rings. The standard InChI is InChI=1S/C13H23BrN2S/c1-10(4-3-5-11(2)15)7-16-8-13-6-12(14)9-17-13/h6,9-11,16H,3-5,7-8,15H2,1-2H3. The largest absolute Gasteiger partial charge is 0.328 e. The minimum absolute atomic E-state index is 0.346. The summed E-state index contributed by atoms with van der Waals surface area (Å²) in [7, 11) is 0. The van der Waals surface area contributed by atoms with Gasteiger partial charge in [-0.15, -0.1) is 11.3 Å². The van der Waals surface area contributed by atoms with Crippen LogP contribution in [-0.2, 0) is 6.54 Å². The average Bonchev–Trinajstić information content (AvgIpc) is 2.63. The number of rotatable bonds is 8. The average molecular weight is 319 g/mol. The van der Waals surface area contributed by atoms with Gasteiger partial charge in [-0.25, -0.2) is 0 Å². The van der Waals surface area contributed by atoms with Crippen molar-refractivity contribution in [2.45, 2.75) is 45.7 Å². The summed E-state index contributed by atoms with van der Waals surface area (Å²) in [5, 5.41) is 5.64. The minimum atomic E-state index is 0.346. The highest BCUT2D eigenvalue weighted by molar-refractivity contribution is 9.10. The predicted molar refractivity (Wildman–Crippen MR) is 80.4 cm³/mol. The lowest BCUT2D eigenvalue weighted by atomic mass is 10.0. The lowest BCUT2D eigenvalue weighted by Gasteiger charge is -2.12. The van der Waals surface area contributed by atoms with Gasteiger partial charge in [-0.1, -0.05) is 13.3 Å². The Balaban J connectivity index is 2.05. The highest BCUT2D eigenvalue weighted by Gasteiger charge is 2.03. The van der Waals surface area contributed by atoms with E-state index in [9.17, 15) is 0 Å². The van der Waals surface area contributed by atoms with Crippen molar-refractivity contribution in [2.75, 3.05) is 6.54 Å². The van der Waals surface area contributed by atoms with E-state index in [-0.39, 0.29) is 0 Å². The van der Waals surface area contributed by atoms with Crippen molar-refractivity contribution in [3.63, 3.8) is 0 Å². The van der Waals surface area contributed by atoms with Gasteiger partial charge in [0.25, 0.3) is 0 Å². The maximum Gasteiger partial charge on any atom is 0.0300 e. The maximum atomic E-state index is 5.74. The fourth-order valence-electron chi connectivity index (χ4n) is 1.78. The molecule has 0 spiro atoms. The van der Waals surface area contributed by atoms with Crippen LogP contribution in [0.2, 0.25) is 0 Å². The molecule has 0 bridgehead atoms. The highest BCUT2D eigenvalue weighted by atomic mass is 79.9. The summed E-state index contributed by atoms with van der Waals surface area (Å²) in [5.41, 5.74) is 5.74. The molecule has 2 nitrogen and oxygen atoms in total. The van der Waals surface area contributed by atoms with Crippen LogP contribution in [0.25, 0.3) is 0 Å². The topological polar surface area (TPSA) is 38.0 Å². The monoisotopic (exact) mass is 318 g/mol. The van der Waals surface area contributed by atoms with Gasteiger partial charge >= 0.3 is 0 Å². The zero-order chi connectivity index (χ0) is 12.7. The van der Waals surface area contributed by atoms with E-state index >= 15 is 0 Å². The zero-order valence-corrected chi connectivity index (χ0v) is 13.1. The van der Waals surface area contributed by atoms with Gasteiger partial charge in [-0.05, 0) is 54.2 Å². The summed E-state index contributed by atoms with van der Waals surface area (Å²) in [6, 6.07) is 2.52. The summed E-state index contributed by atoms with van der Waals surface area (Å²) in [4.78, 5) is 1.39. The number of halogens is 1. The third-order valence-corrected chi connectivity index (χ3v) is 4.47. The third-order valence-electron chi connectivity index (χ3n) is 2.77. The smallest absolute Gasteiger partial charge is 0.0300 e. The molecule has 0 amide bonds. The van der Waals surface area contributed by atoms with Gasteiger partial charge in [-0.2, -0.15) is 0 Å². The van der Waals surface area contributed by atoms with Crippen LogP contribution in [0, 0.1) is 5.92 Å². The highest BCUT2D eigenvalue weighted by Crippen LogP contribution is 2.19. The SMILES string of the molecule is CC(N)CCCC(C)CNCc1cc(Br)cs1. The van der Waals surface area contributed by atoms with Gasteiger partial charge in [0, 0.05) is 27.3 Å². The Morgan fingerprint density at radius 2 is 2.18 bits per heavy atom. The normalized spacial score (nSPS) is 14.8. The molecule has 2 unspecified atom stereocenters. The van der Waals surface area contributed by atoms with Crippen molar-refractivity contribution in [3.05, 3.63) is 20.8 Å². The van der Waals surface area contributed by atoms with E-state index in [0.29, 0.717) is 6.04 Å². The fourth-order valence-corrected chi connectivity index (χ4v) is 3.20. The molecule has 3 N–H and O–H groups in total. The molecule has 4 heteroatoms. The predicted octanol–water partition coefficient (Wildman–Crippen LogP) is 3.75. The molecule has 1 rings (SSSR count). The van der Waals surface area contributed by atoms with Gasteiger partial charge in [0.15, 0.2) is 0 Å². The summed E-state index contributed by atoms with van der Waals surface area (Å²) in [6.45, 7) is 6.46. The van der Waals surface area contributed by atoms with E-state index < -0.39 is 0 Å². The Morgan fingerprint density at radius 3 is 2.76 bits per heavy atom. The molecular formula is C13H23BrN2S.